The fraction of sp³-hybridized carbons (Fsp3) is 0.353. The molecule has 3 aromatic heterocycles. The van der Waals surface area contributed by atoms with Crippen LogP contribution in [0.2, 0.25) is 0 Å². The van der Waals surface area contributed by atoms with Crippen LogP contribution in [0.4, 0.5) is 0 Å². The molecule has 0 spiro atoms. The van der Waals surface area contributed by atoms with Gasteiger partial charge in [-0.15, -0.1) is 11.8 Å². The zero-order valence-electron chi connectivity index (χ0n) is 13.1. The Labute approximate surface area is 147 Å². The lowest BCUT2D eigenvalue weighted by molar-refractivity contribution is 0.925. The highest BCUT2D eigenvalue weighted by Crippen LogP contribution is 2.41. The number of nitrogens with zero attached hydrogens (tertiary/aromatic N) is 4. The normalized spacial score (nSPS) is 14.6. The predicted molar refractivity (Wildman–Crippen MR) is 97.8 cm³/mol. The smallest absolute Gasteiger partial charge is 0.160 e. The minimum absolute atomic E-state index is 0.639. The van der Waals surface area contributed by atoms with Crippen molar-refractivity contribution in [3.8, 4) is 11.5 Å². The average molecular weight is 389 g/mol. The van der Waals surface area contributed by atoms with Crippen molar-refractivity contribution in [1.29, 1.82) is 0 Å². The lowest BCUT2D eigenvalue weighted by Crippen LogP contribution is -1.99. The molecule has 1 fully saturated rings. The Morgan fingerprint density at radius 2 is 2.13 bits per heavy atom. The fourth-order valence-electron chi connectivity index (χ4n) is 2.78. The van der Waals surface area contributed by atoms with E-state index in [1.54, 1.807) is 0 Å². The van der Waals surface area contributed by atoms with Crippen LogP contribution in [0, 0.1) is 0 Å². The van der Waals surface area contributed by atoms with E-state index in [-0.39, 0.29) is 0 Å². The van der Waals surface area contributed by atoms with Crippen LogP contribution in [0.15, 0.2) is 33.9 Å². The molecule has 118 valence electrons. The summed E-state index contributed by atoms with van der Waals surface area (Å²) in [6.45, 7) is 2.17. The van der Waals surface area contributed by atoms with Gasteiger partial charge in [0.15, 0.2) is 5.82 Å². The molecule has 0 radical (unpaired) electrons. The van der Waals surface area contributed by atoms with E-state index in [4.69, 9.17) is 9.97 Å². The molecule has 3 heterocycles. The monoisotopic (exact) mass is 388 g/mol. The molecule has 0 bridgehead atoms. The molecule has 23 heavy (non-hydrogen) atoms. The van der Waals surface area contributed by atoms with Crippen LogP contribution in [0.25, 0.3) is 22.6 Å². The number of aryl methyl sites for hydroxylation is 1. The van der Waals surface area contributed by atoms with Gasteiger partial charge in [-0.3, -0.25) is 0 Å². The van der Waals surface area contributed by atoms with Crippen LogP contribution < -0.4 is 0 Å². The first kappa shape index (κ1) is 15.1. The zero-order valence-corrected chi connectivity index (χ0v) is 15.5. The molecule has 3 aromatic rings. The van der Waals surface area contributed by atoms with Gasteiger partial charge in [0.25, 0.3) is 0 Å². The van der Waals surface area contributed by atoms with Gasteiger partial charge in [-0.2, -0.15) is 0 Å². The first-order chi connectivity index (χ1) is 11.2. The second-order valence-corrected chi connectivity index (χ2v) is 7.90. The number of thioether (sulfide) groups is 1. The summed E-state index contributed by atoms with van der Waals surface area (Å²) >= 11 is 5.24. The van der Waals surface area contributed by atoms with E-state index in [1.165, 1.54) is 23.4 Å². The average Bonchev–Trinajstić information content (AvgIpc) is 3.33. The van der Waals surface area contributed by atoms with Crippen molar-refractivity contribution < 1.29 is 0 Å². The van der Waals surface area contributed by atoms with Gasteiger partial charge >= 0.3 is 0 Å². The van der Waals surface area contributed by atoms with E-state index >= 15 is 0 Å². The molecule has 1 saturated carbocycles. The van der Waals surface area contributed by atoms with Crippen LogP contribution in [0.1, 0.15) is 31.4 Å². The molecule has 0 unspecified atom stereocenters. The summed E-state index contributed by atoms with van der Waals surface area (Å²) in [4.78, 5) is 15.3. The summed E-state index contributed by atoms with van der Waals surface area (Å²) < 4.78 is 2.89. The van der Waals surface area contributed by atoms with Gasteiger partial charge in [0.1, 0.15) is 10.3 Å². The minimum Gasteiger partial charge on any atom is -0.325 e. The zero-order chi connectivity index (χ0) is 16.0. The van der Waals surface area contributed by atoms with Crippen molar-refractivity contribution >= 4 is 38.7 Å². The standard InChI is InChI=1S/C17H17BrN4S/c1-3-23-14-7-6-11(10-4-5-10)20-16(14)17-21-12-8-15(18)19-9-13(12)22(17)2/h6-10H,3-5H2,1-2H3. The number of rotatable bonds is 4. The topological polar surface area (TPSA) is 43.6 Å². The molecular weight excluding hydrogens is 372 g/mol. The van der Waals surface area contributed by atoms with Gasteiger partial charge in [-0.05, 0) is 52.7 Å². The largest absolute Gasteiger partial charge is 0.325 e. The number of hydrogen-bond donors (Lipinski definition) is 0. The van der Waals surface area contributed by atoms with E-state index in [2.05, 4.69) is 44.5 Å². The van der Waals surface area contributed by atoms with Crippen LogP contribution in [-0.4, -0.2) is 25.3 Å². The molecule has 4 rings (SSSR count). The third-order valence-corrected chi connectivity index (χ3v) is 5.48. The van der Waals surface area contributed by atoms with Crippen molar-refractivity contribution in [3.05, 3.63) is 34.7 Å². The molecule has 1 aliphatic carbocycles. The maximum Gasteiger partial charge on any atom is 0.160 e. The van der Waals surface area contributed by atoms with E-state index in [0.717, 1.165) is 32.9 Å². The van der Waals surface area contributed by atoms with Crippen LogP contribution in [0.3, 0.4) is 0 Å². The van der Waals surface area contributed by atoms with E-state index in [9.17, 15) is 0 Å². The molecule has 0 atom stereocenters. The number of halogens is 1. The second-order valence-electron chi connectivity index (χ2n) is 5.78. The molecule has 0 aromatic carbocycles. The molecule has 0 N–H and O–H groups in total. The first-order valence-corrected chi connectivity index (χ1v) is 9.57. The van der Waals surface area contributed by atoms with Crippen LogP contribution in [-0.2, 0) is 7.05 Å². The van der Waals surface area contributed by atoms with Crippen molar-refractivity contribution in [2.75, 3.05) is 5.75 Å². The van der Waals surface area contributed by atoms with Crippen molar-refractivity contribution in [1.82, 2.24) is 19.5 Å². The predicted octanol–water partition coefficient (Wildman–Crippen LogP) is 4.78. The Morgan fingerprint density at radius 3 is 2.87 bits per heavy atom. The van der Waals surface area contributed by atoms with Gasteiger partial charge in [0, 0.05) is 23.6 Å². The maximum atomic E-state index is 4.97. The fourth-order valence-corrected chi connectivity index (χ4v) is 3.84. The number of fused-ring (bicyclic) bond motifs is 1. The summed E-state index contributed by atoms with van der Waals surface area (Å²) in [5.41, 5.74) is 4.16. The summed E-state index contributed by atoms with van der Waals surface area (Å²) in [5.74, 6) is 2.58. The van der Waals surface area contributed by atoms with E-state index < -0.39 is 0 Å². The highest BCUT2D eigenvalue weighted by molar-refractivity contribution is 9.10. The lowest BCUT2D eigenvalue weighted by atomic mass is 10.2. The molecule has 0 aliphatic heterocycles. The van der Waals surface area contributed by atoms with Crippen molar-refractivity contribution in [2.24, 2.45) is 7.05 Å². The van der Waals surface area contributed by atoms with Gasteiger partial charge in [-0.25, -0.2) is 15.0 Å². The Morgan fingerprint density at radius 1 is 1.30 bits per heavy atom. The van der Waals surface area contributed by atoms with Crippen LogP contribution >= 0.6 is 27.7 Å². The molecular formula is C17H17BrN4S. The summed E-state index contributed by atoms with van der Waals surface area (Å²) in [7, 11) is 2.03. The molecule has 1 aliphatic rings. The van der Waals surface area contributed by atoms with Crippen molar-refractivity contribution in [2.45, 2.75) is 30.6 Å². The third kappa shape index (κ3) is 2.78. The summed E-state index contributed by atoms with van der Waals surface area (Å²) in [5, 5.41) is 0. The SMILES string of the molecule is CCSc1ccc(C2CC2)nc1-c1nc2cc(Br)ncc2n1C. The number of aromatic nitrogens is 4. The summed E-state index contributed by atoms with van der Waals surface area (Å²) in [6.07, 6.45) is 4.37. The van der Waals surface area contributed by atoms with Crippen molar-refractivity contribution in [3.63, 3.8) is 0 Å². The molecule has 4 nitrogen and oxygen atoms in total. The Bertz CT molecular complexity index is 886. The number of pyridine rings is 2. The highest BCUT2D eigenvalue weighted by Gasteiger charge is 2.26. The molecule has 0 saturated heterocycles. The highest BCUT2D eigenvalue weighted by atomic mass is 79.9. The van der Waals surface area contributed by atoms with E-state index in [0.29, 0.717) is 5.92 Å². The molecule has 6 heteroatoms. The van der Waals surface area contributed by atoms with Crippen LogP contribution in [0.5, 0.6) is 0 Å². The number of hydrogen-bond acceptors (Lipinski definition) is 4. The summed E-state index contributed by atoms with van der Waals surface area (Å²) in [6, 6.07) is 6.34. The maximum absolute atomic E-state index is 4.97. The Hall–Kier alpha value is -1.40. The van der Waals surface area contributed by atoms with Gasteiger partial charge < -0.3 is 4.57 Å². The third-order valence-electron chi connectivity index (χ3n) is 4.12. The van der Waals surface area contributed by atoms with E-state index in [1.807, 2.05) is 31.1 Å². The minimum atomic E-state index is 0.639. The van der Waals surface area contributed by atoms with Gasteiger partial charge in [-0.1, -0.05) is 6.92 Å². The Balaban J connectivity index is 1.91. The Kier molecular flexibility index (Phi) is 3.89. The van der Waals surface area contributed by atoms with Gasteiger partial charge in [0.2, 0.25) is 0 Å². The first-order valence-electron chi connectivity index (χ1n) is 7.79. The second kappa shape index (κ2) is 5.91. The lowest BCUT2D eigenvalue weighted by Gasteiger charge is -2.10. The quantitative estimate of drug-likeness (QED) is 0.476. The number of imidazole rings is 1. The van der Waals surface area contributed by atoms with Gasteiger partial charge in [0.05, 0.1) is 17.2 Å². The molecule has 0 amide bonds.